The van der Waals surface area contributed by atoms with Crippen molar-refractivity contribution in [2.24, 2.45) is 5.92 Å². The normalized spacial score (nSPS) is 15.5. The quantitative estimate of drug-likeness (QED) is 0.849. The Labute approximate surface area is 121 Å². The van der Waals surface area contributed by atoms with Gasteiger partial charge in [0.05, 0.1) is 12.1 Å². The van der Waals surface area contributed by atoms with Crippen molar-refractivity contribution in [3.63, 3.8) is 0 Å². The maximum Gasteiger partial charge on any atom is 0.223 e. The first-order chi connectivity index (χ1) is 9.36. The molecule has 1 aromatic carbocycles. The summed E-state index contributed by atoms with van der Waals surface area (Å²) in [7, 11) is 0. The summed E-state index contributed by atoms with van der Waals surface area (Å²) in [6.45, 7) is 3.41. The second-order valence-electron chi connectivity index (χ2n) is 4.77. The number of thioether (sulfide) groups is 1. The zero-order valence-corrected chi connectivity index (χ0v) is 12.5. The Balaban J connectivity index is 2.69. The molecule has 0 saturated carbocycles. The highest BCUT2D eigenvalue weighted by atomic mass is 32.2. The molecule has 20 heavy (non-hydrogen) atoms. The van der Waals surface area contributed by atoms with Crippen LogP contribution in [0.25, 0.3) is 0 Å². The van der Waals surface area contributed by atoms with E-state index in [0.29, 0.717) is 5.75 Å². The first kappa shape index (κ1) is 16.9. The number of rotatable bonds is 6. The van der Waals surface area contributed by atoms with Crippen LogP contribution in [0, 0.1) is 17.6 Å². The number of benzene rings is 1. The Morgan fingerprint density at radius 1 is 1.35 bits per heavy atom. The molecule has 2 N–H and O–H groups in total. The number of carbonyl (C=O) groups excluding carboxylic acids is 1. The zero-order chi connectivity index (χ0) is 15.3. The average Bonchev–Trinajstić information content (AvgIpc) is 2.41. The smallest absolute Gasteiger partial charge is 0.223 e. The van der Waals surface area contributed by atoms with Crippen molar-refractivity contribution in [3.8, 4) is 0 Å². The second-order valence-corrected chi connectivity index (χ2v) is 5.68. The highest BCUT2D eigenvalue weighted by Gasteiger charge is 2.22. The molecule has 112 valence electrons. The third kappa shape index (κ3) is 4.45. The summed E-state index contributed by atoms with van der Waals surface area (Å²) in [5.41, 5.74) is 0.231. The van der Waals surface area contributed by atoms with Crippen LogP contribution in [0.15, 0.2) is 18.2 Å². The van der Waals surface area contributed by atoms with Crippen LogP contribution in [-0.2, 0) is 4.79 Å². The second kappa shape index (κ2) is 7.59. The third-order valence-corrected chi connectivity index (χ3v) is 3.83. The SMILES string of the molecule is CSCC(C)C(=O)NC(C)C(O)c1ccc(F)c(F)c1. The fourth-order valence-electron chi connectivity index (χ4n) is 1.76. The highest BCUT2D eigenvalue weighted by molar-refractivity contribution is 7.98. The van der Waals surface area contributed by atoms with Gasteiger partial charge in [0.25, 0.3) is 0 Å². The Kier molecular flexibility index (Phi) is 6.42. The molecule has 1 amide bonds. The van der Waals surface area contributed by atoms with Crippen LogP contribution < -0.4 is 5.32 Å². The monoisotopic (exact) mass is 303 g/mol. The van der Waals surface area contributed by atoms with Crippen LogP contribution in [0.4, 0.5) is 8.78 Å². The summed E-state index contributed by atoms with van der Waals surface area (Å²) in [4.78, 5) is 11.8. The number of nitrogens with one attached hydrogen (secondary N) is 1. The van der Waals surface area contributed by atoms with Gasteiger partial charge in [0.1, 0.15) is 0 Å². The maximum atomic E-state index is 13.1. The molecular formula is C14H19F2NO2S. The topological polar surface area (TPSA) is 49.3 Å². The summed E-state index contributed by atoms with van der Waals surface area (Å²) in [5, 5.41) is 12.7. The van der Waals surface area contributed by atoms with Crippen molar-refractivity contribution >= 4 is 17.7 Å². The van der Waals surface area contributed by atoms with Gasteiger partial charge in [-0.2, -0.15) is 11.8 Å². The predicted molar refractivity (Wildman–Crippen MR) is 76.5 cm³/mol. The van der Waals surface area contributed by atoms with Crippen molar-refractivity contribution < 1.29 is 18.7 Å². The molecule has 1 aromatic rings. The van der Waals surface area contributed by atoms with Crippen LogP contribution in [0.2, 0.25) is 0 Å². The molecule has 1 rings (SSSR count). The lowest BCUT2D eigenvalue weighted by molar-refractivity contribution is -0.125. The average molecular weight is 303 g/mol. The first-order valence-electron chi connectivity index (χ1n) is 6.29. The lowest BCUT2D eigenvalue weighted by Crippen LogP contribution is -2.40. The molecule has 3 nitrogen and oxygen atoms in total. The fourth-order valence-corrected chi connectivity index (χ4v) is 2.41. The van der Waals surface area contributed by atoms with Crippen molar-refractivity contribution in [1.82, 2.24) is 5.32 Å². The van der Waals surface area contributed by atoms with Gasteiger partial charge < -0.3 is 10.4 Å². The molecule has 3 atom stereocenters. The molecular weight excluding hydrogens is 284 g/mol. The van der Waals surface area contributed by atoms with Crippen LogP contribution in [-0.4, -0.2) is 29.1 Å². The van der Waals surface area contributed by atoms with Crippen molar-refractivity contribution in [1.29, 1.82) is 0 Å². The predicted octanol–water partition coefficient (Wildman–Crippen LogP) is 2.50. The van der Waals surface area contributed by atoms with Gasteiger partial charge in [0, 0.05) is 11.7 Å². The van der Waals surface area contributed by atoms with Crippen molar-refractivity contribution in [2.45, 2.75) is 26.0 Å². The summed E-state index contributed by atoms with van der Waals surface area (Å²) < 4.78 is 26.0. The summed E-state index contributed by atoms with van der Waals surface area (Å²) >= 11 is 1.56. The number of carbonyl (C=O) groups is 1. The summed E-state index contributed by atoms with van der Waals surface area (Å²) in [5.74, 6) is -1.65. The zero-order valence-electron chi connectivity index (χ0n) is 11.7. The molecule has 0 aliphatic carbocycles. The minimum atomic E-state index is -1.09. The van der Waals surface area contributed by atoms with Gasteiger partial charge in [0.15, 0.2) is 11.6 Å². The van der Waals surface area contributed by atoms with Gasteiger partial charge in [-0.15, -0.1) is 0 Å². The first-order valence-corrected chi connectivity index (χ1v) is 7.68. The minimum Gasteiger partial charge on any atom is -0.386 e. The summed E-state index contributed by atoms with van der Waals surface area (Å²) in [6.07, 6.45) is 0.819. The van der Waals surface area contributed by atoms with E-state index in [9.17, 15) is 18.7 Å². The molecule has 3 unspecified atom stereocenters. The molecule has 0 aliphatic heterocycles. The number of aliphatic hydroxyl groups is 1. The van der Waals surface area contributed by atoms with E-state index in [1.165, 1.54) is 6.07 Å². The van der Waals surface area contributed by atoms with Gasteiger partial charge in [0.2, 0.25) is 5.91 Å². The van der Waals surface area contributed by atoms with Gasteiger partial charge in [-0.25, -0.2) is 8.78 Å². The number of hydrogen-bond acceptors (Lipinski definition) is 3. The van der Waals surface area contributed by atoms with Gasteiger partial charge in [-0.1, -0.05) is 13.0 Å². The largest absolute Gasteiger partial charge is 0.386 e. The fraction of sp³-hybridized carbons (Fsp3) is 0.500. The lowest BCUT2D eigenvalue weighted by atomic mass is 10.0. The number of amides is 1. The van der Waals surface area contributed by atoms with Crippen molar-refractivity contribution in [2.75, 3.05) is 12.0 Å². The Morgan fingerprint density at radius 2 is 2.00 bits per heavy atom. The molecule has 0 saturated heterocycles. The van der Waals surface area contributed by atoms with E-state index in [0.717, 1.165) is 12.1 Å². The number of hydrogen-bond donors (Lipinski definition) is 2. The van der Waals surface area contributed by atoms with E-state index >= 15 is 0 Å². The van der Waals surface area contributed by atoms with Crippen LogP contribution in [0.3, 0.4) is 0 Å². The van der Waals surface area contributed by atoms with E-state index in [2.05, 4.69) is 5.32 Å². The number of halogens is 2. The molecule has 0 radical (unpaired) electrons. The lowest BCUT2D eigenvalue weighted by Gasteiger charge is -2.22. The highest BCUT2D eigenvalue weighted by Crippen LogP contribution is 2.19. The summed E-state index contributed by atoms with van der Waals surface area (Å²) in [6, 6.07) is 2.61. The Morgan fingerprint density at radius 3 is 2.55 bits per heavy atom. The van der Waals surface area contributed by atoms with Crippen LogP contribution in [0.1, 0.15) is 25.5 Å². The Bertz CT molecular complexity index is 470. The maximum absolute atomic E-state index is 13.1. The molecule has 0 bridgehead atoms. The van der Waals surface area contributed by atoms with Crippen LogP contribution >= 0.6 is 11.8 Å². The number of aliphatic hydroxyl groups excluding tert-OH is 1. The molecule has 6 heteroatoms. The molecule has 0 spiro atoms. The Hall–Kier alpha value is -1.14. The van der Waals surface area contributed by atoms with Gasteiger partial charge >= 0.3 is 0 Å². The van der Waals surface area contributed by atoms with E-state index in [-0.39, 0.29) is 17.4 Å². The molecule has 0 aromatic heterocycles. The van der Waals surface area contributed by atoms with Crippen LogP contribution in [0.5, 0.6) is 0 Å². The molecule has 0 aliphatic rings. The standard InChI is InChI=1S/C14H19F2NO2S/c1-8(7-20-3)14(19)17-9(2)13(18)10-4-5-11(15)12(16)6-10/h4-6,8-9,13,18H,7H2,1-3H3,(H,17,19). The van der Waals surface area contributed by atoms with E-state index < -0.39 is 23.8 Å². The minimum absolute atomic E-state index is 0.173. The van der Waals surface area contributed by atoms with E-state index in [1.54, 1.807) is 25.6 Å². The van der Waals surface area contributed by atoms with E-state index in [4.69, 9.17) is 0 Å². The van der Waals surface area contributed by atoms with Gasteiger partial charge in [-0.3, -0.25) is 4.79 Å². The van der Waals surface area contributed by atoms with Gasteiger partial charge in [-0.05, 0) is 30.9 Å². The van der Waals surface area contributed by atoms with E-state index in [1.807, 2.05) is 6.26 Å². The van der Waals surface area contributed by atoms with Crippen molar-refractivity contribution in [3.05, 3.63) is 35.4 Å². The molecule has 0 heterocycles. The third-order valence-electron chi connectivity index (χ3n) is 2.99. The molecule has 0 fully saturated rings.